The number of carbonyl (C=O) groups excluding carboxylic acids is 2. The Morgan fingerprint density at radius 3 is 2.73 bits per heavy atom. The van der Waals surface area contributed by atoms with E-state index in [2.05, 4.69) is 5.32 Å². The number of anilines is 1. The molecule has 1 aromatic heterocycles. The van der Waals surface area contributed by atoms with Crippen LogP contribution in [0.4, 0.5) is 5.69 Å². The summed E-state index contributed by atoms with van der Waals surface area (Å²) in [5.41, 5.74) is 2.95. The Balaban J connectivity index is 1.63. The fourth-order valence-corrected chi connectivity index (χ4v) is 3.05. The maximum absolute atomic E-state index is 12.4. The molecule has 1 aromatic carbocycles. The third-order valence-corrected chi connectivity index (χ3v) is 4.67. The van der Waals surface area contributed by atoms with Crippen molar-refractivity contribution in [3.05, 3.63) is 53.0 Å². The summed E-state index contributed by atoms with van der Waals surface area (Å²) in [6.45, 7) is 4.36. The lowest BCUT2D eigenvalue weighted by Crippen LogP contribution is -2.32. The number of carboxylic acid groups (broad SMARTS) is 1. The SMILES string of the molecule is Cc1cccc(N2C[C@@H](C(=O)NCc3ccc(C(=O)O)o3)CC2=O)c1C. The van der Waals surface area contributed by atoms with Crippen LogP contribution in [0.3, 0.4) is 0 Å². The molecule has 0 spiro atoms. The number of rotatable bonds is 5. The number of nitrogens with zero attached hydrogens (tertiary/aromatic N) is 1. The number of hydrogen-bond acceptors (Lipinski definition) is 4. The van der Waals surface area contributed by atoms with Gasteiger partial charge in [-0.15, -0.1) is 0 Å². The molecule has 1 atom stereocenters. The van der Waals surface area contributed by atoms with Crippen molar-refractivity contribution >= 4 is 23.5 Å². The van der Waals surface area contributed by atoms with Crippen molar-refractivity contribution in [1.82, 2.24) is 5.32 Å². The van der Waals surface area contributed by atoms with Crippen LogP contribution in [0.2, 0.25) is 0 Å². The fourth-order valence-electron chi connectivity index (χ4n) is 3.05. The average molecular weight is 356 g/mol. The first-order valence-electron chi connectivity index (χ1n) is 8.33. The first-order chi connectivity index (χ1) is 12.4. The molecule has 0 radical (unpaired) electrons. The lowest BCUT2D eigenvalue weighted by molar-refractivity contribution is -0.126. The van der Waals surface area contributed by atoms with Gasteiger partial charge in [0.25, 0.3) is 0 Å². The van der Waals surface area contributed by atoms with Gasteiger partial charge in [-0.2, -0.15) is 0 Å². The Kier molecular flexibility index (Phi) is 4.79. The van der Waals surface area contributed by atoms with Crippen LogP contribution in [0, 0.1) is 19.8 Å². The van der Waals surface area contributed by atoms with Crippen molar-refractivity contribution in [3.63, 3.8) is 0 Å². The summed E-state index contributed by atoms with van der Waals surface area (Å²) in [5.74, 6) is -1.76. The number of nitrogens with one attached hydrogen (secondary N) is 1. The van der Waals surface area contributed by atoms with Gasteiger partial charge < -0.3 is 19.7 Å². The second kappa shape index (κ2) is 7.03. The first kappa shape index (κ1) is 17.7. The Morgan fingerprint density at radius 1 is 1.27 bits per heavy atom. The molecule has 0 saturated carbocycles. The number of hydrogen-bond donors (Lipinski definition) is 2. The highest BCUT2D eigenvalue weighted by molar-refractivity contribution is 6.00. The summed E-state index contributed by atoms with van der Waals surface area (Å²) in [5, 5.41) is 11.5. The van der Waals surface area contributed by atoms with Gasteiger partial charge >= 0.3 is 5.97 Å². The summed E-state index contributed by atoms with van der Waals surface area (Å²) in [7, 11) is 0. The summed E-state index contributed by atoms with van der Waals surface area (Å²) in [6.07, 6.45) is 0.151. The van der Waals surface area contributed by atoms with Crippen molar-refractivity contribution in [1.29, 1.82) is 0 Å². The molecule has 136 valence electrons. The summed E-state index contributed by atoms with van der Waals surface area (Å²) < 4.78 is 5.11. The highest BCUT2D eigenvalue weighted by Crippen LogP contribution is 2.29. The molecule has 2 aromatic rings. The summed E-state index contributed by atoms with van der Waals surface area (Å²) in [6, 6.07) is 8.61. The molecule has 0 aliphatic carbocycles. The van der Waals surface area contributed by atoms with Gasteiger partial charge in [-0.25, -0.2) is 4.79 Å². The highest BCUT2D eigenvalue weighted by atomic mass is 16.4. The minimum absolute atomic E-state index is 0.0787. The lowest BCUT2D eigenvalue weighted by Gasteiger charge is -2.20. The quantitative estimate of drug-likeness (QED) is 0.856. The first-order valence-corrected chi connectivity index (χ1v) is 8.33. The van der Waals surface area contributed by atoms with E-state index in [9.17, 15) is 14.4 Å². The van der Waals surface area contributed by atoms with E-state index < -0.39 is 11.9 Å². The number of aromatic carboxylic acids is 1. The second-order valence-electron chi connectivity index (χ2n) is 6.41. The lowest BCUT2D eigenvalue weighted by atomic mass is 10.1. The zero-order valence-electron chi connectivity index (χ0n) is 14.6. The predicted molar refractivity (Wildman–Crippen MR) is 93.9 cm³/mol. The number of amides is 2. The van der Waals surface area contributed by atoms with Gasteiger partial charge in [-0.05, 0) is 43.2 Å². The van der Waals surface area contributed by atoms with Gasteiger partial charge in [0.15, 0.2) is 0 Å². The van der Waals surface area contributed by atoms with E-state index in [1.807, 2.05) is 32.0 Å². The predicted octanol–water partition coefficient (Wildman–Crippen LogP) is 2.26. The van der Waals surface area contributed by atoms with Crippen molar-refractivity contribution in [2.24, 2.45) is 5.92 Å². The topological polar surface area (TPSA) is 99.8 Å². The van der Waals surface area contributed by atoms with Gasteiger partial charge in [0.2, 0.25) is 17.6 Å². The number of furan rings is 1. The molecular formula is C19H20N2O5. The number of carbonyl (C=O) groups is 3. The Morgan fingerprint density at radius 2 is 2.04 bits per heavy atom. The molecule has 2 amide bonds. The zero-order valence-corrected chi connectivity index (χ0v) is 14.6. The van der Waals surface area contributed by atoms with Crippen molar-refractivity contribution in [3.8, 4) is 0 Å². The third-order valence-electron chi connectivity index (χ3n) is 4.67. The van der Waals surface area contributed by atoms with Crippen LogP contribution in [0.5, 0.6) is 0 Å². The number of aryl methyl sites for hydroxylation is 1. The van der Waals surface area contributed by atoms with E-state index in [-0.39, 0.29) is 30.5 Å². The Hall–Kier alpha value is -3.09. The molecular weight excluding hydrogens is 336 g/mol. The summed E-state index contributed by atoms with van der Waals surface area (Å²) >= 11 is 0. The largest absolute Gasteiger partial charge is 0.475 e. The van der Waals surface area contributed by atoms with Crippen molar-refractivity contribution in [2.75, 3.05) is 11.4 Å². The van der Waals surface area contributed by atoms with Gasteiger partial charge in [0, 0.05) is 18.7 Å². The summed E-state index contributed by atoms with van der Waals surface area (Å²) in [4.78, 5) is 37.2. The highest BCUT2D eigenvalue weighted by Gasteiger charge is 2.35. The van der Waals surface area contributed by atoms with Gasteiger partial charge in [0.1, 0.15) is 5.76 Å². The molecule has 7 nitrogen and oxygen atoms in total. The van der Waals surface area contributed by atoms with Crippen LogP contribution in [0.25, 0.3) is 0 Å². The van der Waals surface area contributed by atoms with E-state index >= 15 is 0 Å². The average Bonchev–Trinajstić information content (AvgIpc) is 3.22. The molecule has 2 heterocycles. The molecule has 1 fully saturated rings. The standard InChI is InChI=1S/C19H20N2O5/c1-11-4-3-5-15(12(11)2)21-10-13(8-17(21)22)18(23)20-9-14-6-7-16(26-14)19(24)25/h3-7,13H,8-10H2,1-2H3,(H,20,23)(H,24,25)/t13-/m0/s1. The molecule has 26 heavy (non-hydrogen) atoms. The zero-order chi connectivity index (χ0) is 18.8. The number of benzene rings is 1. The van der Waals surface area contributed by atoms with Crippen LogP contribution in [0.1, 0.15) is 33.9 Å². The van der Waals surface area contributed by atoms with Gasteiger partial charge in [0.05, 0.1) is 12.5 Å². The molecule has 2 N–H and O–H groups in total. The normalized spacial score (nSPS) is 16.8. The third kappa shape index (κ3) is 3.46. The fraction of sp³-hybridized carbons (Fsp3) is 0.316. The monoisotopic (exact) mass is 356 g/mol. The molecule has 1 saturated heterocycles. The van der Waals surface area contributed by atoms with E-state index in [1.165, 1.54) is 12.1 Å². The van der Waals surface area contributed by atoms with Crippen LogP contribution in [0.15, 0.2) is 34.7 Å². The smallest absolute Gasteiger partial charge is 0.371 e. The van der Waals surface area contributed by atoms with Crippen molar-refractivity contribution in [2.45, 2.75) is 26.8 Å². The second-order valence-corrected chi connectivity index (χ2v) is 6.41. The Bertz CT molecular complexity index is 871. The minimum Gasteiger partial charge on any atom is -0.475 e. The molecule has 3 rings (SSSR count). The van der Waals surface area contributed by atoms with E-state index in [4.69, 9.17) is 9.52 Å². The minimum atomic E-state index is -1.16. The Labute approximate surface area is 150 Å². The van der Waals surface area contributed by atoms with Crippen molar-refractivity contribution < 1.29 is 23.9 Å². The maximum Gasteiger partial charge on any atom is 0.371 e. The molecule has 0 unspecified atom stereocenters. The molecule has 1 aliphatic rings. The van der Waals surface area contributed by atoms with Crippen LogP contribution >= 0.6 is 0 Å². The number of carboxylic acids is 1. The van der Waals surface area contributed by atoms with Gasteiger partial charge in [-0.1, -0.05) is 12.1 Å². The van der Waals surface area contributed by atoms with E-state index in [1.54, 1.807) is 4.90 Å². The van der Waals surface area contributed by atoms with Crippen LogP contribution < -0.4 is 10.2 Å². The molecule has 7 heteroatoms. The maximum atomic E-state index is 12.4. The van der Waals surface area contributed by atoms with E-state index in [0.29, 0.717) is 12.3 Å². The van der Waals surface area contributed by atoms with E-state index in [0.717, 1.165) is 16.8 Å². The van der Waals surface area contributed by atoms with Crippen LogP contribution in [-0.4, -0.2) is 29.4 Å². The van der Waals surface area contributed by atoms with Crippen LogP contribution in [-0.2, 0) is 16.1 Å². The molecule has 0 bridgehead atoms. The van der Waals surface area contributed by atoms with Gasteiger partial charge in [-0.3, -0.25) is 9.59 Å². The molecule has 1 aliphatic heterocycles.